The van der Waals surface area contributed by atoms with Crippen molar-refractivity contribution in [1.82, 2.24) is 4.90 Å². The van der Waals surface area contributed by atoms with Crippen molar-refractivity contribution in [1.29, 1.82) is 0 Å². The summed E-state index contributed by atoms with van der Waals surface area (Å²) in [5, 5.41) is 2.39. The number of hydrogen-bond donors (Lipinski definition) is 0. The van der Waals surface area contributed by atoms with Gasteiger partial charge in [0.1, 0.15) is 4.88 Å². The van der Waals surface area contributed by atoms with Crippen LogP contribution in [-0.2, 0) is 0 Å². The van der Waals surface area contributed by atoms with Gasteiger partial charge in [-0.15, -0.1) is 22.9 Å². The number of likely N-dealkylation sites (tertiary alicyclic amines) is 1. The Morgan fingerprint density at radius 1 is 1.56 bits per heavy atom. The number of thiophene rings is 1. The molecule has 1 fully saturated rings. The summed E-state index contributed by atoms with van der Waals surface area (Å²) >= 11 is 13.3. The van der Waals surface area contributed by atoms with Crippen LogP contribution in [0.4, 0.5) is 0 Å². The number of piperidine rings is 1. The second-order valence-electron chi connectivity index (χ2n) is 3.90. The van der Waals surface area contributed by atoms with Crippen LogP contribution in [0.3, 0.4) is 0 Å². The number of nitrogens with zero attached hydrogens (tertiary/aromatic N) is 1. The summed E-state index contributed by atoms with van der Waals surface area (Å²) < 4.78 is 0. The van der Waals surface area contributed by atoms with Crippen LogP contribution in [0.25, 0.3) is 0 Å². The average Bonchev–Trinajstić information content (AvgIpc) is 2.74. The summed E-state index contributed by atoms with van der Waals surface area (Å²) in [5.41, 5.74) is 0. The highest BCUT2D eigenvalue weighted by Crippen LogP contribution is 2.27. The molecule has 1 aliphatic heterocycles. The van der Waals surface area contributed by atoms with Crippen molar-refractivity contribution in [2.75, 3.05) is 12.4 Å². The van der Waals surface area contributed by atoms with E-state index in [-0.39, 0.29) is 11.9 Å². The van der Waals surface area contributed by atoms with Gasteiger partial charge in [0.2, 0.25) is 0 Å². The Balaban J connectivity index is 2.17. The van der Waals surface area contributed by atoms with E-state index in [0.29, 0.717) is 15.8 Å². The van der Waals surface area contributed by atoms with E-state index in [9.17, 15) is 4.79 Å². The fourth-order valence-corrected chi connectivity index (χ4v) is 3.42. The summed E-state index contributed by atoms with van der Waals surface area (Å²) in [6.07, 6.45) is 3.21. The van der Waals surface area contributed by atoms with Crippen LogP contribution in [-0.4, -0.2) is 29.3 Å². The molecule has 5 heteroatoms. The second kappa shape index (κ2) is 5.39. The van der Waals surface area contributed by atoms with Gasteiger partial charge >= 0.3 is 0 Å². The van der Waals surface area contributed by atoms with Crippen LogP contribution in [0.2, 0.25) is 5.02 Å². The van der Waals surface area contributed by atoms with Crippen LogP contribution in [0.5, 0.6) is 0 Å². The molecule has 1 aliphatic rings. The van der Waals surface area contributed by atoms with E-state index >= 15 is 0 Å². The zero-order valence-electron chi connectivity index (χ0n) is 8.79. The summed E-state index contributed by atoms with van der Waals surface area (Å²) in [6.45, 7) is 0.796. The molecule has 88 valence electrons. The molecule has 1 saturated heterocycles. The Hall–Kier alpha value is -0.250. The lowest BCUT2D eigenvalue weighted by Gasteiger charge is -2.34. The lowest BCUT2D eigenvalue weighted by molar-refractivity contribution is 0.0644. The molecule has 0 aliphatic carbocycles. The van der Waals surface area contributed by atoms with Gasteiger partial charge in [0.15, 0.2) is 0 Å². The van der Waals surface area contributed by atoms with Gasteiger partial charge in [0, 0.05) is 18.5 Å². The molecule has 0 bridgehead atoms. The van der Waals surface area contributed by atoms with Gasteiger partial charge in [-0.25, -0.2) is 0 Å². The Morgan fingerprint density at radius 3 is 3.00 bits per heavy atom. The van der Waals surface area contributed by atoms with Crippen molar-refractivity contribution in [2.45, 2.75) is 25.3 Å². The quantitative estimate of drug-likeness (QED) is 0.756. The minimum Gasteiger partial charge on any atom is -0.334 e. The van der Waals surface area contributed by atoms with Crippen molar-refractivity contribution in [3.8, 4) is 0 Å². The zero-order valence-corrected chi connectivity index (χ0v) is 11.1. The molecule has 2 nitrogen and oxygen atoms in total. The van der Waals surface area contributed by atoms with E-state index in [1.54, 1.807) is 6.07 Å². The van der Waals surface area contributed by atoms with Crippen molar-refractivity contribution < 1.29 is 4.79 Å². The van der Waals surface area contributed by atoms with E-state index in [2.05, 4.69) is 0 Å². The molecule has 0 N–H and O–H groups in total. The number of carbonyl (C=O) groups excluding carboxylic acids is 1. The molecule has 2 rings (SSSR count). The van der Waals surface area contributed by atoms with Crippen molar-refractivity contribution in [3.05, 3.63) is 21.3 Å². The Kier molecular flexibility index (Phi) is 4.11. The topological polar surface area (TPSA) is 20.3 Å². The van der Waals surface area contributed by atoms with Gasteiger partial charge in [-0.2, -0.15) is 0 Å². The average molecular weight is 278 g/mol. The minimum atomic E-state index is 0.0327. The highest BCUT2D eigenvalue weighted by atomic mass is 35.5. The minimum absolute atomic E-state index is 0.0327. The molecule has 1 amide bonds. The summed E-state index contributed by atoms with van der Waals surface area (Å²) in [5.74, 6) is 0.541. The first kappa shape index (κ1) is 12.2. The maximum atomic E-state index is 12.2. The van der Waals surface area contributed by atoms with E-state index in [1.807, 2.05) is 10.3 Å². The normalized spacial score (nSPS) is 21.1. The molecule has 1 aromatic rings. The van der Waals surface area contributed by atoms with Crippen LogP contribution < -0.4 is 0 Å². The molecule has 1 aromatic heterocycles. The van der Waals surface area contributed by atoms with Gasteiger partial charge in [-0.1, -0.05) is 11.6 Å². The zero-order chi connectivity index (χ0) is 11.5. The maximum Gasteiger partial charge on any atom is 0.265 e. The van der Waals surface area contributed by atoms with Gasteiger partial charge in [0.25, 0.3) is 5.91 Å². The Bertz CT molecular complexity index is 380. The molecule has 0 aromatic carbocycles. The number of rotatable bonds is 2. The fraction of sp³-hybridized carbons (Fsp3) is 0.545. The maximum absolute atomic E-state index is 12.2. The largest absolute Gasteiger partial charge is 0.334 e. The van der Waals surface area contributed by atoms with Gasteiger partial charge in [-0.05, 0) is 30.7 Å². The van der Waals surface area contributed by atoms with E-state index in [0.717, 1.165) is 25.8 Å². The summed E-state index contributed by atoms with van der Waals surface area (Å²) in [4.78, 5) is 14.8. The first-order valence-corrected chi connectivity index (χ1v) is 7.13. The lowest BCUT2D eigenvalue weighted by atomic mass is 10.0. The number of halogens is 2. The molecule has 1 unspecified atom stereocenters. The van der Waals surface area contributed by atoms with Crippen molar-refractivity contribution >= 4 is 40.4 Å². The first-order chi connectivity index (χ1) is 7.74. The summed E-state index contributed by atoms with van der Waals surface area (Å²) in [7, 11) is 0. The number of hydrogen-bond acceptors (Lipinski definition) is 2. The number of amides is 1. The molecular weight excluding hydrogens is 265 g/mol. The Labute approximate surface area is 109 Å². The van der Waals surface area contributed by atoms with Crippen LogP contribution in [0.1, 0.15) is 28.9 Å². The van der Waals surface area contributed by atoms with Crippen LogP contribution in [0.15, 0.2) is 11.4 Å². The molecule has 0 saturated carbocycles. The lowest BCUT2D eigenvalue weighted by Crippen LogP contribution is -2.44. The molecule has 0 spiro atoms. The molecule has 2 heterocycles. The Morgan fingerprint density at radius 2 is 2.38 bits per heavy atom. The van der Waals surface area contributed by atoms with E-state index < -0.39 is 0 Å². The fourth-order valence-electron chi connectivity index (χ4n) is 2.01. The van der Waals surface area contributed by atoms with Gasteiger partial charge in [-0.3, -0.25) is 4.79 Å². The molecule has 16 heavy (non-hydrogen) atoms. The third kappa shape index (κ3) is 2.36. The SMILES string of the molecule is O=C(c1sccc1Cl)N1CCCCC1CCl. The van der Waals surface area contributed by atoms with Crippen molar-refractivity contribution in [3.63, 3.8) is 0 Å². The summed E-state index contributed by atoms with van der Waals surface area (Å²) in [6, 6.07) is 1.93. The predicted molar refractivity (Wildman–Crippen MR) is 68.7 cm³/mol. The van der Waals surface area contributed by atoms with Crippen LogP contribution in [0, 0.1) is 0 Å². The molecular formula is C11H13Cl2NOS. The monoisotopic (exact) mass is 277 g/mol. The van der Waals surface area contributed by atoms with Gasteiger partial charge in [0.05, 0.1) is 5.02 Å². The third-order valence-corrected chi connectivity index (χ3v) is 4.56. The molecule has 1 atom stereocenters. The van der Waals surface area contributed by atoms with E-state index in [4.69, 9.17) is 23.2 Å². The second-order valence-corrected chi connectivity index (χ2v) is 5.53. The van der Waals surface area contributed by atoms with Gasteiger partial charge < -0.3 is 4.90 Å². The predicted octanol–water partition coefficient (Wildman–Crippen LogP) is 3.64. The highest BCUT2D eigenvalue weighted by molar-refractivity contribution is 7.12. The number of carbonyl (C=O) groups is 1. The van der Waals surface area contributed by atoms with E-state index in [1.165, 1.54) is 11.3 Å². The third-order valence-electron chi connectivity index (χ3n) is 2.88. The van der Waals surface area contributed by atoms with Crippen LogP contribution >= 0.6 is 34.5 Å². The first-order valence-electron chi connectivity index (χ1n) is 5.34. The number of alkyl halides is 1. The smallest absolute Gasteiger partial charge is 0.265 e. The molecule has 0 radical (unpaired) electrons. The highest BCUT2D eigenvalue weighted by Gasteiger charge is 2.28. The standard InChI is InChI=1S/C11H13Cl2NOS/c12-7-8-3-1-2-5-14(8)11(15)10-9(13)4-6-16-10/h4,6,8H,1-3,5,7H2. The van der Waals surface area contributed by atoms with Crippen molar-refractivity contribution in [2.24, 2.45) is 0 Å².